The molecular formula is C10H20OSi. The van der Waals surface area contributed by atoms with Crippen molar-refractivity contribution < 1.29 is 4.43 Å². The van der Waals surface area contributed by atoms with Gasteiger partial charge in [0.2, 0.25) is 9.04 Å². The molecule has 2 heteroatoms. The fourth-order valence-electron chi connectivity index (χ4n) is 1.57. The van der Waals surface area contributed by atoms with Crippen LogP contribution in [0.15, 0.2) is 11.8 Å². The van der Waals surface area contributed by atoms with Crippen molar-refractivity contribution in [1.29, 1.82) is 0 Å². The van der Waals surface area contributed by atoms with E-state index in [1.165, 1.54) is 44.3 Å². The third-order valence-electron chi connectivity index (χ3n) is 2.14. The maximum atomic E-state index is 5.83. The molecule has 0 unspecified atom stereocenters. The van der Waals surface area contributed by atoms with Crippen LogP contribution in [0.3, 0.4) is 0 Å². The zero-order valence-electron chi connectivity index (χ0n) is 8.31. The Morgan fingerprint density at radius 2 is 1.92 bits per heavy atom. The van der Waals surface area contributed by atoms with Crippen molar-refractivity contribution in [2.24, 2.45) is 0 Å². The minimum absolute atomic E-state index is 0.847. The molecule has 0 N–H and O–H groups in total. The Balaban J connectivity index is 2.36. The lowest BCUT2D eigenvalue weighted by Gasteiger charge is -2.15. The van der Waals surface area contributed by atoms with Crippen molar-refractivity contribution in [3.05, 3.63) is 11.8 Å². The van der Waals surface area contributed by atoms with Gasteiger partial charge in [0.05, 0.1) is 5.76 Å². The van der Waals surface area contributed by atoms with E-state index in [0.29, 0.717) is 0 Å². The highest BCUT2D eigenvalue weighted by Crippen LogP contribution is 2.18. The van der Waals surface area contributed by atoms with E-state index < -0.39 is 9.04 Å². The average molecular weight is 184 g/mol. The van der Waals surface area contributed by atoms with Crippen LogP contribution in [-0.2, 0) is 4.43 Å². The second-order valence-electron chi connectivity index (χ2n) is 3.79. The lowest BCUT2D eigenvalue weighted by atomic mass is 10.1. The van der Waals surface area contributed by atoms with Gasteiger partial charge in [-0.3, -0.25) is 0 Å². The van der Waals surface area contributed by atoms with Crippen LogP contribution in [0.4, 0.5) is 0 Å². The standard InChI is InChI=1S/C10H20OSi/c1-12(2)11-10-8-6-4-3-5-7-9-10/h8,12H,3-7,9H2,1-2H3. The molecule has 0 atom stereocenters. The highest BCUT2D eigenvalue weighted by atomic mass is 28.3. The molecule has 0 saturated carbocycles. The van der Waals surface area contributed by atoms with Crippen molar-refractivity contribution in [3.63, 3.8) is 0 Å². The third kappa shape index (κ3) is 3.95. The van der Waals surface area contributed by atoms with Gasteiger partial charge in [-0.1, -0.05) is 12.8 Å². The lowest BCUT2D eigenvalue weighted by molar-refractivity contribution is 0.398. The summed E-state index contributed by atoms with van der Waals surface area (Å²) < 4.78 is 5.83. The van der Waals surface area contributed by atoms with Gasteiger partial charge in [0.25, 0.3) is 0 Å². The molecule has 0 aromatic heterocycles. The Bertz CT molecular complexity index is 152. The summed E-state index contributed by atoms with van der Waals surface area (Å²) in [5, 5.41) is 0. The van der Waals surface area contributed by atoms with Crippen molar-refractivity contribution in [1.82, 2.24) is 0 Å². The predicted molar refractivity (Wildman–Crippen MR) is 55.7 cm³/mol. The SMILES string of the molecule is C[SiH](C)OC1=CCCCCCC1. The Kier molecular flexibility index (Phi) is 4.44. The first-order valence-corrected chi connectivity index (χ1v) is 7.93. The van der Waals surface area contributed by atoms with Crippen molar-refractivity contribution >= 4 is 9.04 Å². The Morgan fingerprint density at radius 1 is 1.17 bits per heavy atom. The highest BCUT2D eigenvalue weighted by molar-refractivity contribution is 6.48. The highest BCUT2D eigenvalue weighted by Gasteiger charge is 2.04. The van der Waals surface area contributed by atoms with Gasteiger partial charge in [-0.25, -0.2) is 0 Å². The third-order valence-corrected chi connectivity index (χ3v) is 2.91. The van der Waals surface area contributed by atoms with Gasteiger partial charge in [-0.05, 0) is 38.4 Å². The summed E-state index contributed by atoms with van der Waals surface area (Å²) in [6.45, 7) is 4.47. The number of hydrogen-bond donors (Lipinski definition) is 0. The second-order valence-corrected chi connectivity index (χ2v) is 6.12. The number of allylic oxidation sites excluding steroid dienone is 2. The van der Waals surface area contributed by atoms with E-state index in [2.05, 4.69) is 19.2 Å². The maximum absolute atomic E-state index is 5.83. The Morgan fingerprint density at radius 3 is 2.67 bits per heavy atom. The molecule has 0 aromatic rings. The molecule has 1 aliphatic carbocycles. The van der Waals surface area contributed by atoms with Crippen molar-refractivity contribution in [2.75, 3.05) is 0 Å². The second kappa shape index (κ2) is 5.41. The van der Waals surface area contributed by atoms with E-state index in [1.54, 1.807) is 0 Å². The molecule has 0 bridgehead atoms. The number of rotatable bonds is 2. The molecule has 0 spiro atoms. The first kappa shape index (κ1) is 9.84. The molecular weight excluding hydrogens is 164 g/mol. The molecule has 70 valence electrons. The average Bonchev–Trinajstić information content (AvgIpc) is 1.93. The molecule has 0 saturated heterocycles. The summed E-state index contributed by atoms with van der Waals surface area (Å²) >= 11 is 0. The van der Waals surface area contributed by atoms with Crippen LogP contribution in [0.25, 0.3) is 0 Å². The fraction of sp³-hybridized carbons (Fsp3) is 0.800. The van der Waals surface area contributed by atoms with E-state index in [4.69, 9.17) is 4.43 Å². The molecule has 1 nitrogen and oxygen atoms in total. The lowest BCUT2D eigenvalue weighted by Crippen LogP contribution is -2.08. The van der Waals surface area contributed by atoms with E-state index in [1.807, 2.05) is 0 Å². The monoisotopic (exact) mass is 184 g/mol. The van der Waals surface area contributed by atoms with Gasteiger partial charge >= 0.3 is 0 Å². The van der Waals surface area contributed by atoms with Crippen LogP contribution in [-0.4, -0.2) is 9.04 Å². The van der Waals surface area contributed by atoms with Crippen molar-refractivity contribution in [2.45, 2.75) is 51.6 Å². The van der Waals surface area contributed by atoms with E-state index >= 15 is 0 Å². The van der Waals surface area contributed by atoms with Gasteiger partial charge in [0.15, 0.2) is 0 Å². The summed E-state index contributed by atoms with van der Waals surface area (Å²) in [6, 6.07) is 0. The zero-order chi connectivity index (χ0) is 8.81. The molecule has 1 aliphatic rings. The molecule has 0 aromatic carbocycles. The topological polar surface area (TPSA) is 9.23 Å². The maximum Gasteiger partial charge on any atom is 0.229 e. The van der Waals surface area contributed by atoms with Crippen LogP contribution in [0.2, 0.25) is 13.1 Å². The molecule has 0 heterocycles. The normalized spacial score (nSPS) is 19.8. The summed E-state index contributed by atoms with van der Waals surface area (Å²) in [5.74, 6) is 1.29. The first-order valence-electron chi connectivity index (χ1n) is 5.15. The van der Waals surface area contributed by atoms with E-state index in [-0.39, 0.29) is 0 Å². The molecule has 0 radical (unpaired) electrons. The van der Waals surface area contributed by atoms with Crippen LogP contribution < -0.4 is 0 Å². The first-order chi connectivity index (χ1) is 5.79. The Labute approximate surface area is 77.5 Å². The van der Waals surface area contributed by atoms with Gasteiger partial charge in [-0.15, -0.1) is 0 Å². The zero-order valence-corrected chi connectivity index (χ0v) is 9.46. The van der Waals surface area contributed by atoms with Crippen LogP contribution in [0, 0.1) is 0 Å². The van der Waals surface area contributed by atoms with E-state index in [9.17, 15) is 0 Å². The fourth-order valence-corrected chi connectivity index (χ4v) is 2.39. The minimum Gasteiger partial charge on any atom is -0.550 e. The van der Waals surface area contributed by atoms with Gasteiger partial charge in [0.1, 0.15) is 0 Å². The molecule has 12 heavy (non-hydrogen) atoms. The minimum atomic E-state index is -0.847. The summed E-state index contributed by atoms with van der Waals surface area (Å²) in [5.41, 5.74) is 0. The Hall–Kier alpha value is -0.243. The number of hydrogen-bond acceptors (Lipinski definition) is 1. The van der Waals surface area contributed by atoms with Gasteiger partial charge in [-0.2, -0.15) is 0 Å². The molecule has 1 rings (SSSR count). The van der Waals surface area contributed by atoms with Crippen molar-refractivity contribution in [3.8, 4) is 0 Å². The molecule has 0 aliphatic heterocycles. The van der Waals surface area contributed by atoms with E-state index in [0.717, 1.165) is 0 Å². The van der Waals surface area contributed by atoms with Crippen LogP contribution >= 0.6 is 0 Å². The molecule has 0 amide bonds. The van der Waals surface area contributed by atoms with Gasteiger partial charge in [0, 0.05) is 6.42 Å². The smallest absolute Gasteiger partial charge is 0.229 e. The van der Waals surface area contributed by atoms with Gasteiger partial charge < -0.3 is 4.43 Å². The summed E-state index contributed by atoms with van der Waals surface area (Å²) in [6.07, 6.45) is 10.2. The summed E-state index contributed by atoms with van der Waals surface area (Å²) in [4.78, 5) is 0. The van der Waals surface area contributed by atoms with Crippen LogP contribution in [0.5, 0.6) is 0 Å². The van der Waals surface area contributed by atoms with Crippen LogP contribution in [0.1, 0.15) is 38.5 Å². The largest absolute Gasteiger partial charge is 0.550 e. The molecule has 0 fully saturated rings. The summed E-state index contributed by atoms with van der Waals surface area (Å²) in [7, 11) is -0.847. The quantitative estimate of drug-likeness (QED) is 0.599. The predicted octanol–water partition coefficient (Wildman–Crippen LogP) is 3.22.